The molecule has 1 atom stereocenters. The molecular weight excluding hydrogens is 308 g/mol. The van der Waals surface area contributed by atoms with Crippen LogP contribution in [0.4, 0.5) is 0 Å². The Morgan fingerprint density at radius 1 is 1.43 bits per heavy atom. The number of sulfonamides is 1. The number of benzene rings is 1. The minimum absolute atomic E-state index is 0.289. The van der Waals surface area contributed by atoms with E-state index in [0.717, 1.165) is 12.0 Å². The minimum Gasteiger partial charge on any atom is -0.316 e. The van der Waals surface area contributed by atoms with Crippen LogP contribution in [0.5, 0.6) is 0 Å². The van der Waals surface area contributed by atoms with E-state index in [1.807, 2.05) is 7.05 Å². The quantitative estimate of drug-likeness (QED) is 0.903. The van der Waals surface area contributed by atoms with Crippen LogP contribution in [0.2, 0.25) is 5.02 Å². The Hall–Kier alpha value is -0.620. The van der Waals surface area contributed by atoms with Crippen LogP contribution in [0.1, 0.15) is 25.8 Å². The molecule has 1 N–H and O–H groups in total. The molecular formula is C15H23ClN2O2S. The van der Waals surface area contributed by atoms with Crippen molar-refractivity contribution in [2.45, 2.75) is 31.7 Å². The Kier molecular flexibility index (Phi) is 5.30. The van der Waals surface area contributed by atoms with Crippen molar-refractivity contribution in [2.24, 2.45) is 11.8 Å². The normalized spacial score (nSPS) is 20.3. The molecule has 2 rings (SSSR count). The predicted octanol–water partition coefficient (Wildman–Crippen LogP) is 2.73. The van der Waals surface area contributed by atoms with Gasteiger partial charge in [-0.2, -0.15) is 4.31 Å². The van der Waals surface area contributed by atoms with E-state index < -0.39 is 10.0 Å². The van der Waals surface area contributed by atoms with E-state index >= 15 is 0 Å². The van der Waals surface area contributed by atoms with Crippen molar-refractivity contribution < 1.29 is 8.42 Å². The average Bonchev–Trinajstić information content (AvgIpc) is 2.91. The molecule has 1 aromatic carbocycles. The van der Waals surface area contributed by atoms with E-state index in [-0.39, 0.29) is 4.90 Å². The summed E-state index contributed by atoms with van der Waals surface area (Å²) in [4.78, 5) is 0.289. The first-order chi connectivity index (χ1) is 9.86. The summed E-state index contributed by atoms with van der Waals surface area (Å²) in [6.07, 6.45) is 0.933. The fourth-order valence-electron chi connectivity index (χ4n) is 2.69. The molecule has 0 spiro atoms. The average molecular weight is 331 g/mol. The highest BCUT2D eigenvalue weighted by atomic mass is 35.5. The highest BCUT2D eigenvalue weighted by molar-refractivity contribution is 7.89. The largest absolute Gasteiger partial charge is 0.316 e. The lowest BCUT2D eigenvalue weighted by atomic mass is 9.96. The van der Waals surface area contributed by atoms with Gasteiger partial charge >= 0.3 is 0 Å². The Bertz CT molecular complexity index is 602. The Balaban J connectivity index is 2.22. The lowest BCUT2D eigenvalue weighted by Gasteiger charge is -2.18. The number of hydrogen-bond donors (Lipinski definition) is 1. The molecule has 0 radical (unpaired) electrons. The summed E-state index contributed by atoms with van der Waals surface area (Å²) in [6.45, 7) is 6.11. The number of rotatable bonds is 5. The summed E-state index contributed by atoms with van der Waals surface area (Å²) in [5.41, 5.74) is 0.902. The summed E-state index contributed by atoms with van der Waals surface area (Å²) >= 11 is 6.18. The second kappa shape index (κ2) is 6.65. The molecule has 1 heterocycles. The lowest BCUT2D eigenvalue weighted by Crippen LogP contribution is -2.29. The van der Waals surface area contributed by atoms with Crippen molar-refractivity contribution in [1.82, 2.24) is 9.62 Å². The minimum atomic E-state index is -3.43. The Morgan fingerprint density at radius 3 is 2.67 bits per heavy atom. The van der Waals surface area contributed by atoms with Crippen molar-refractivity contribution in [1.29, 1.82) is 0 Å². The van der Waals surface area contributed by atoms with E-state index in [9.17, 15) is 8.42 Å². The maximum atomic E-state index is 12.7. The standard InChI is InChI=1S/C15H23ClN2O2S/c1-11(2)13-6-7-18(10-13)21(19,20)14-5-4-12(9-17-3)15(16)8-14/h4-5,8,11,13,17H,6-7,9-10H2,1-3H3. The SMILES string of the molecule is CNCc1ccc(S(=O)(=O)N2CCC(C(C)C)C2)cc1Cl. The third kappa shape index (κ3) is 3.59. The first-order valence-corrected chi connectivity index (χ1v) is 9.11. The van der Waals surface area contributed by atoms with E-state index in [2.05, 4.69) is 19.2 Å². The summed E-state index contributed by atoms with van der Waals surface area (Å²) in [6, 6.07) is 4.99. The molecule has 0 amide bonds. The molecule has 0 bridgehead atoms. The predicted molar refractivity (Wildman–Crippen MR) is 85.9 cm³/mol. The maximum Gasteiger partial charge on any atom is 0.243 e. The summed E-state index contributed by atoms with van der Waals surface area (Å²) < 4.78 is 26.9. The van der Waals surface area contributed by atoms with Crippen molar-refractivity contribution in [3.05, 3.63) is 28.8 Å². The zero-order valence-electron chi connectivity index (χ0n) is 12.8. The van der Waals surface area contributed by atoms with Crippen LogP contribution < -0.4 is 5.32 Å². The van der Waals surface area contributed by atoms with Crippen LogP contribution >= 0.6 is 11.6 Å². The molecule has 0 aliphatic carbocycles. The zero-order valence-corrected chi connectivity index (χ0v) is 14.3. The smallest absolute Gasteiger partial charge is 0.243 e. The molecule has 1 aromatic rings. The molecule has 1 aliphatic rings. The van der Waals surface area contributed by atoms with Crippen molar-refractivity contribution in [3.8, 4) is 0 Å². The van der Waals surface area contributed by atoms with Gasteiger partial charge in [-0.1, -0.05) is 31.5 Å². The van der Waals surface area contributed by atoms with Gasteiger partial charge in [0.15, 0.2) is 0 Å². The summed E-state index contributed by atoms with van der Waals surface area (Å²) in [7, 11) is -1.60. The summed E-state index contributed by atoms with van der Waals surface area (Å²) in [5.74, 6) is 0.950. The Labute approximate surface area is 132 Å². The van der Waals surface area contributed by atoms with Crippen LogP contribution in [0.25, 0.3) is 0 Å². The highest BCUT2D eigenvalue weighted by Crippen LogP contribution is 2.30. The van der Waals surface area contributed by atoms with Gasteiger partial charge in [-0.05, 0) is 43.0 Å². The molecule has 1 saturated heterocycles. The first kappa shape index (κ1) is 16.7. The molecule has 21 heavy (non-hydrogen) atoms. The first-order valence-electron chi connectivity index (χ1n) is 7.29. The fraction of sp³-hybridized carbons (Fsp3) is 0.600. The van der Waals surface area contributed by atoms with Gasteiger partial charge in [0.25, 0.3) is 0 Å². The van der Waals surface area contributed by atoms with E-state index in [4.69, 9.17) is 11.6 Å². The van der Waals surface area contributed by atoms with Crippen LogP contribution in [0.15, 0.2) is 23.1 Å². The maximum absolute atomic E-state index is 12.7. The van der Waals surface area contributed by atoms with E-state index in [0.29, 0.717) is 36.5 Å². The second-order valence-electron chi connectivity index (χ2n) is 5.94. The third-order valence-corrected chi connectivity index (χ3v) is 6.37. The molecule has 1 aliphatic heterocycles. The van der Waals surface area contributed by atoms with Gasteiger partial charge in [0.1, 0.15) is 0 Å². The number of nitrogens with one attached hydrogen (secondary N) is 1. The Morgan fingerprint density at radius 2 is 2.14 bits per heavy atom. The van der Waals surface area contributed by atoms with Crippen LogP contribution in [0, 0.1) is 11.8 Å². The van der Waals surface area contributed by atoms with Gasteiger partial charge in [0.2, 0.25) is 10.0 Å². The van der Waals surface area contributed by atoms with Crippen molar-refractivity contribution in [3.63, 3.8) is 0 Å². The molecule has 0 aromatic heterocycles. The van der Waals surface area contributed by atoms with Crippen LogP contribution in [-0.4, -0.2) is 32.9 Å². The second-order valence-corrected chi connectivity index (χ2v) is 8.28. The van der Waals surface area contributed by atoms with Gasteiger partial charge in [-0.3, -0.25) is 0 Å². The molecule has 4 nitrogen and oxygen atoms in total. The van der Waals surface area contributed by atoms with Gasteiger partial charge in [0, 0.05) is 24.7 Å². The zero-order chi connectivity index (χ0) is 15.6. The molecule has 6 heteroatoms. The number of hydrogen-bond acceptors (Lipinski definition) is 3. The van der Waals surface area contributed by atoms with Crippen LogP contribution in [0.3, 0.4) is 0 Å². The summed E-state index contributed by atoms with van der Waals surface area (Å²) in [5, 5.41) is 3.50. The van der Waals surface area contributed by atoms with Gasteiger partial charge in [-0.25, -0.2) is 8.42 Å². The molecule has 1 unspecified atom stereocenters. The highest BCUT2D eigenvalue weighted by Gasteiger charge is 2.33. The number of halogens is 1. The molecule has 0 saturated carbocycles. The molecule has 1 fully saturated rings. The fourth-order valence-corrected chi connectivity index (χ4v) is 4.54. The number of nitrogens with zero attached hydrogens (tertiary/aromatic N) is 1. The van der Waals surface area contributed by atoms with Gasteiger partial charge in [-0.15, -0.1) is 0 Å². The lowest BCUT2D eigenvalue weighted by molar-refractivity contribution is 0.388. The van der Waals surface area contributed by atoms with Crippen molar-refractivity contribution >= 4 is 21.6 Å². The topological polar surface area (TPSA) is 49.4 Å². The van der Waals surface area contributed by atoms with Crippen LogP contribution in [-0.2, 0) is 16.6 Å². The van der Waals surface area contributed by atoms with Gasteiger partial charge < -0.3 is 5.32 Å². The van der Waals surface area contributed by atoms with E-state index in [1.54, 1.807) is 22.5 Å². The van der Waals surface area contributed by atoms with Crippen molar-refractivity contribution in [2.75, 3.05) is 20.1 Å². The van der Waals surface area contributed by atoms with Gasteiger partial charge in [0.05, 0.1) is 4.90 Å². The van der Waals surface area contributed by atoms with E-state index in [1.165, 1.54) is 0 Å². The monoisotopic (exact) mass is 330 g/mol. The molecule has 118 valence electrons. The third-order valence-electron chi connectivity index (χ3n) is 4.16.